The van der Waals surface area contributed by atoms with E-state index in [1.807, 2.05) is 0 Å². The summed E-state index contributed by atoms with van der Waals surface area (Å²) in [6.45, 7) is 0. The molecule has 52 heavy (non-hydrogen) atoms. The van der Waals surface area contributed by atoms with E-state index in [0.717, 1.165) is 37.1 Å². The first-order chi connectivity index (χ1) is 25.8. The first-order valence-electron chi connectivity index (χ1n) is 18.4. The molecule has 0 amide bonds. The number of fused-ring (bicyclic) bond motifs is 2. The molecule has 0 bridgehead atoms. The van der Waals surface area contributed by atoms with Crippen molar-refractivity contribution in [3.05, 3.63) is 206 Å². The molecule has 0 unspecified atom stereocenters. The van der Waals surface area contributed by atoms with Crippen molar-refractivity contribution in [2.24, 2.45) is 0 Å². The lowest BCUT2D eigenvalue weighted by Gasteiger charge is -2.34. The maximum absolute atomic E-state index is 2.49. The lowest BCUT2D eigenvalue weighted by molar-refractivity contribution is 0.998. The molecule has 0 N–H and O–H groups in total. The van der Waals surface area contributed by atoms with Gasteiger partial charge in [0.15, 0.2) is 0 Å². The monoisotopic (exact) mass is 668 g/mol. The van der Waals surface area contributed by atoms with Crippen LogP contribution in [0.25, 0.3) is 43.8 Å². The predicted molar refractivity (Wildman–Crippen MR) is 222 cm³/mol. The van der Waals surface area contributed by atoms with Crippen molar-refractivity contribution >= 4 is 44.3 Å². The Kier molecular flexibility index (Phi) is 8.56. The molecule has 0 aromatic heterocycles. The van der Waals surface area contributed by atoms with Crippen LogP contribution in [0.4, 0.5) is 22.7 Å². The molecule has 0 aliphatic heterocycles. The van der Waals surface area contributed by atoms with Crippen molar-refractivity contribution in [2.45, 2.75) is 25.7 Å². The van der Waals surface area contributed by atoms with Crippen molar-refractivity contribution < 1.29 is 0 Å². The van der Waals surface area contributed by atoms with Crippen LogP contribution < -0.4 is 9.80 Å². The van der Waals surface area contributed by atoms with Gasteiger partial charge in [0.25, 0.3) is 0 Å². The lowest BCUT2D eigenvalue weighted by Crippen LogP contribution is -2.20. The summed E-state index contributed by atoms with van der Waals surface area (Å²) in [7, 11) is 0. The molecule has 9 rings (SSSR count). The Balaban J connectivity index is 1.46. The molecule has 0 saturated heterocycles. The highest BCUT2D eigenvalue weighted by atomic mass is 15.2. The van der Waals surface area contributed by atoms with Crippen LogP contribution in [-0.2, 0) is 0 Å². The van der Waals surface area contributed by atoms with E-state index < -0.39 is 0 Å². The largest absolute Gasteiger partial charge is 0.310 e. The number of allylic oxidation sites excluding steroid dienone is 6. The van der Waals surface area contributed by atoms with E-state index in [2.05, 4.69) is 204 Å². The van der Waals surface area contributed by atoms with Crippen LogP contribution in [0, 0.1) is 0 Å². The van der Waals surface area contributed by atoms with Gasteiger partial charge in [-0.2, -0.15) is 0 Å². The summed E-state index contributed by atoms with van der Waals surface area (Å²) in [6.07, 6.45) is 18.2. The minimum Gasteiger partial charge on any atom is -0.310 e. The van der Waals surface area contributed by atoms with Gasteiger partial charge in [-0.15, -0.1) is 0 Å². The second kappa shape index (κ2) is 14.1. The van der Waals surface area contributed by atoms with Gasteiger partial charge in [-0.1, -0.05) is 146 Å². The molecule has 2 nitrogen and oxygen atoms in total. The van der Waals surface area contributed by atoms with E-state index in [1.165, 1.54) is 66.6 Å². The van der Waals surface area contributed by atoms with Gasteiger partial charge in [-0.05, 0) is 96.5 Å². The fraction of sp³-hybridized carbons (Fsp3) is 0.0800. The number of hydrogen-bond acceptors (Lipinski definition) is 2. The van der Waals surface area contributed by atoms with E-state index in [0.29, 0.717) is 0 Å². The summed E-state index contributed by atoms with van der Waals surface area (Å²) in [5, 5.41) is 4.83. The Bertz CT molecular complexity index is 2310. The third-order valence-corrected chi connectivity index (χ3v) is 10.2. The van der Waals surface area contributed by atoms with Crippen molar-refractivity contribution in [3.8, 4) is 22.3 Å². The molecule has 2 aliphatic rings. The number of rotatable bonds is 8. The highest BCUT2D eigenvalue weighted by Gasteiger charge is 2.27. The molecule has 250 valence electrons. The molecule has 7 aromatic rings. The second-order valence-corrected chi connectivity index (χ2v) is 13.5. The van der Waals surface area contributed by atoms with E-state index >= 15 is 0 Å². The van der Waals surface area contributed by atoms with E-state index in [-0.39, 0.29) is 0 Å². The lowest BCUT2D eigenvalue weighted by atomic mass is 9.90. The standard InChI is InChI=1S/C50H40N2/c1-7-19-37(20-8-1)39-31-33-45-47(35-39)49(51(41-23-11-3-12-24-41)42-25-13-4-14-26-42)46-34-32-40(38-21-9-2-10-22-38)36-48(46)50(45)52(43-27-15-5-16-28-43)44-29-17-6-18-30-44/h1-3,5,7-13,15-17,19-36H,4,6,14,18H2. The second-order valence-electron chi connectivity index (χ2n) is 13.5. The number of benzene rings is 7. The van der Waals surface area contributed by atoms with Gasteiger partial charge in [0.05, 0.1) is 11.4 Å². The normalized spacial score (nSPS) is 13.9. The zero-order valence-corrected chi connectivity index (χ0v) is 29.2. The van der Waals surface area contributed by atoms with Gasteiger partial charge < -0.3 is 9.80 Å². The third kappa shape index (κ3) is 5.93. The Morgan fingerprint density at radius 2 is 0.712 bits per heavy atom. The number of para-hydroxylation sites is 2. The van der Waals surface area contributed by atoms with Crippen LogP contribution in [-0.4, -0.2) is 0 Å². The molecule has 2 heteroatoms. The van der Waals surface area contributed by atoms with E-state index in [1.54, 1.807) is 0 Å². The quantitative estimate of drug-likeness (QED) is 0.117. The first kappa shape index (κ1) is 31.6. The fourth-order valence-corrected chi connectivity index (χ4v) is 7.79. The SMILES string of the molecule is C1=CC(N(c2ccccc2)c2c3ccc(-c4ccccc4)cc3c(N(C3=CCCC=C3)c3ccccc3)c3ccc(-c4ccccc4)cc23)=CCC1. The van der Waals surface area contributed by atoms with Gasteiger partial charge in [0.2, 0.25) is 0 Å². The summed E-state index contributed by atoms with van der Waals surface area (Å²) < 4.78 is 0. The van der Waals surface area contributed by atoms with Crippen LogP contribution >= 0.6 is 0 Å². The molecular weight excluding hydrogens is 629 g/mol. The average Bonchev–Trinajstić information content (AvgIpc) is 3.23. The summed E-state index contributed by atoms with van der Waals surface area (Å²) in [5.74, 6) is 0. The molecular formula is C50H40N2. The number of nitrogens with zero attached hydrogens (tertiary/aromatic N) is 2. The Hall–Kier alpha value is -6.38. The van der Waals surface area contributed by atoms with Crippen LogP contribution in [0.5, 0.6) is 0 Å². The molecule has 2 aliphatic carbocycles. The molecule has 7 aromatic carbocycles. The summed E-state index contributed by atoms with van der Waals surface area (Å²) in [5.41, 5.74) is 11.9. The Morgan fingerprint density at radius 3 is 1.08 bits per heavy atom. The van der Waals surface area contributed by atoms with Gasteiger partial charge in [-0.25, -0.2) is 0 Å². The highest BCUT2D eigenvalue weighted by Crippen LogP contribution is 2.51. The summed E-state index contributed by atoms with van der Waals surface area (Å²) in [4.78, 5) is 4.99. The van der Waals surface area contributed by atoms with Crippen LogP contribution in [0.3, 0.4) is 0 Å². The summed E-state index contributed by atoms with van der Waals surface area (Å²) >= 11 is 0. The number of anilines is 4. The van der Waals surface area contributed by atoms with Crippen molar-refractivity contribution in [1.82, 2.24) is 0 Å². The smallest absolute Gasteiger partial charge is 0.0620 e. The fourth-order valence-electron chi connectivity index (χ4n) is 7.79. The van der Waals surface area contributed by atoms with Crippen LogP contribution in [0.1, 0.15) is 25.7 Å². The topological polar surface area (TPSA) is 6.48 Å². The molecule has 0 fully saturated rings. The van der Waals surface area contributed by atoms with Gasteiger partial charge >= 0.3 is 0 Å². The zero-order chi connectivity index (χ0) is 34.7. The first-order valence-corrected chi connectivity index (χ1v) is 18.4. The average molecular weight is 669 g/mol. The minimum atomic E-state index is 1.01. The molecule has 0 heterocycles. The van der Waals surface area contributed by atoms with Gasteiger partial charge in [-0.3, -0.25) is 0 Å². The molecule has 0 spiro atoms. The summed E-state index contributed by atoms with van der Waals surface area (Å²) in [6, 6.07) is 57.5. The minimum absolute atomic E-state index is 1.01. The molecule has 0 atom stereocenters. The molecule has 0 saturated carbocycles. The molecule has 0 radical (unpaired) electrons. The Morgan fingerprint density at radius 1 is 0.327 bits per heavy atom. The van der Waals surface area contributed by atoms with Crippen molar-refractivity contribution in [2.75, 3.05) is 9.80 Å². The maximum atomic E-state index is 2.49. The number of hydrogen-bond donors (Lipinski definition) is 0. The van der Waals surface area contributed by atoms with Gasteiger partial charge in [0.1, 0.15) is 0 Å². The van der Waals surface area contributed by atoms with Gasteiger partial charge in [0, 0.05) is 44.3 Å². The Labute approximate surface area is 306 Å². The van der Waals surface area contributed by atoms with Crippen LogP contribution in [0.2, 0.25) is 0 Å². The maximum Gasteiger partial charge on any atom is 0.0620 e. The van der Waals surface area contributed by atoms with Crippen molar-refractivity contribution in [1.29, 1.82) is 0 Å². The van der Waals surface area contributed by atoms with E-state index in [4.69, 9.17) is 0 Å². The zero-order valence-electron chi connectivity index (χ0n) is 29.2. The predicted octanol–water partition coefficient (Wildman–Crippen LogP) is 14.1. The van der Waals surface area contributed by atoms with Crippen LogP contribution in [0.15, 0.2) is 206 Å². The van der Waals surface area contributed by atoms with Crippen molar-refractivity contribution in [3.63, 3.8) is 0 Å². The third-order valence-electron chi connectivity index (χ3n) is 10.2. The highest BCUT2D eigenvalue weighted by molar-refractivity contribution is 6.23. The van der Waals surface area contributed by atoms with E-state index in [9.17, 15) is 0 Å².